The monoisotopic (exact) mass is 1130 g/mol. The molecule has 0 saturated carbocycles. The van der Waals surface area contributed by atoms with Crippen LogP contribution in [0.4, 0.5) is 52.7 Å². The molecule has 0 aliphatic carbocycles. The number of aromatic nitrogens is 3. The Morgan fingerprint density at radius 3 is 1.07 bits per heavy atom. The van der Waals surface area contributed by atoms with E-state index >= 15 is 52.7 Å². The summed E-state index contributed by atoms with van der Waals surface area (Å²) in [7, 11) is 0. The molecule has 0 unspecified atom stereocenters. The van der Waals surface area contributed by atoms with Gasteiger partial charge in [0.15, 0.2) is 0 Å². The fourth-order valence-corrected chi connectivity index (χ4v) is 13.0. The largest absolute Gasteiger partial charge is 0.416 e. The number of nitrogens with zero attached hydrogens (tertiary/aromatic N) is 4. The van der Waals surface area contributed by atoms with E-state index < -0.39 is 52.5 Å². The molecule has 0 fully saturated rings. The zero-order chi connectivity index (χ0) is 56.9. The Hall–Kier alpha value is -9.53. The van der Waals surface area contributed by atoms with Crippen LogP contribution in [-0.4, -0.2) is 13.7 Å². The van der Waals surface area contributed by atoms with Crippen molar-refractivity contribution in [2.45, 2.75) is 24.7 Å². The topological polar surface area (TPSA) is 38.6 Å². The molecule has 4 aromatic heterocycles. The maximum atomic E-state index is 15.2. The van der Waals surface area contributed by atoms with Crippen molar-refractivity contribution in [2.24, 2.45) is 0 Å². The number of hydrogen-bond acceptors (Lipinski definition) is 2. The molecule has 0 aliphatic rings. The predicted octanol–water partition coefficient (Wildman–Crippen LogP) is 20.6. The van der Waals surface area contributed by atoms with Crippen LogP contribution in [0.15, 0.2) is 194 Å². The maximum Gasteiger partial charge on any atom is 0.416 e. The van der Waals surface area contributed by atoms with Crippen LogP contribution in [0.3, 0.4) is 0 Å². The van der Waals surface area contributed by atoms with E-state index in [-0.39, 0.29) is 82.9 Å². The Balaban J connectivity index is 1.33. The van der Waals surface area contributed by atoms with Crippen molar-refractivity contribution < 1.29 is 52.7 Å². The van der Waals surface area contributed by atoms with Gasteiger partial charge in [-0.1, -0.05) is 121 Å². The van der Waals surface area contributed by atoms with E-state index in [2.05, 4.69) is 6.07 Å². The second-order valence-electron chi connectivity index (χ2n) is 19.9. The minimum Gasteiger partial charge on any atom is -0.308 e. The van der Waals surface area contributed by atoms with Gasteiger partial charge in [-0.15, -0.1) is 11.3 Å². The average molecular weight is 1130 g/mol. The van der Waals surface area contributed by atoms with Gasteiger partial charge in [-0.25, -0.2) is 0 Å². The van der Waals surface area contributed by atoms with Crippen LogP contribution in [0.5, 0.6) is 0 Å². The van der Waals surface area contributed by atoms with Gasteiger partial charge in [-0.2, -0.15) is 57.9 Å². The summed E-state index contributed by atoms with van der Waals surface area (Å²) in [4.78, 5) is 0. The van der Waals surface area contributed by atoms with Crippen molar-refractivity contribution in [1.82, 2.24) is 13.7 Å². The first kappa shape index (κ1) is 50.7. The first-order valence-electron chi connectivity index (χ1n) is 25.2. The highest BCUT2D eigenvalue weighted by atomic mass is 32.1. The lowest BCUT2D eigenvalue weighted by molar-refractivity contribution is -0.138. The van der Waals surface area contributed by atoms with Gasteiger partial charge in [-0.3, -0.25) is 0 Å². The molecule has 14 rings (SSSR count). The molecule has 0 radical (unpaired) electrons. The molecule has 0 bridgehead atoms. The van der Waals surface area contributed by atoms with Crippen LogP contribution in [0, 0.1) is 11.3 Å². The van der Waals surface area contributed by atoms with Crippen LogP contribution in [-0.2, 0) is 24.7 Å². The van der Waals surface area contributed by atoms with Crippen molar-refractivity contribution in [1.29, 1.82) is 5.26 Å². The van der Waals surface area contributed by atoms with Crippen LogP contribution in [0.1, 0.15) is 27.8 Å². The molecular formula is C65H32F12N4S. The van der Waals surface area contributed by atoms with E-state index in [9.17, 15) is 5.26 Å². The Kier molecular flexibility index (Phi) is 11.0. The van der Waals surface area contributed by atoms with Crippen molar-refractivity contribution in [3.05, 3.63) is 222 Å². The SMILES string of the molecule is N#Cc1c(-n2c3cc(C(F)(F)F)ccc3c3ccc(C(F)(F)F)cc32)c(-c2ccccc2)c(-n2c3ccccc3c3cc4c(cc32)sc2ccccc24)c(-c2ccccc2)c1-n1c2cc(C(F)(F)F)ccc2c2ccc(C(F)(F)F)cc21. The highest BCUT2D eigenvalue weighted by Crippen LogP contribution is 2.54. The number of thiophene rings is 1. The summed E-state index contributed by atoms with van der Waals surface area (Å²) in [6.07, 6.45) is -20.1. The summed E-state index contributed by atoms with van der Waals surface area (Å²) in [5.41, 5.74) is -5.54. The smallest absolute Gasteiger partial charge is 0.308 e. The van der Waals surface area contributed by atoms with E-state index in [1.165, 1.54) is 11.3 Å². The zero-order valence-electron chi connectivity index (χ0n) is 41.7. The Morgan fingerprint density at radius 1 is 0.305 bits per heavy atom. The third kappa shape index (κ3) is 7.68. The lowest BCUT2D eigenvalue weighted by atomic mass is 9.88. The molecule has 0 aliphatic heterocycles. The molecule has 4 nitrogen and oxygen atoms in total. The zero-order valence-corrected chi connectivity index (χ0v) is 42.5. The standard InChI is InChI=1S/C65H32F12N4S/c66-62(67,68)36-19-23-41-42-24-20-37(63(69,70)71)28-51(42)80(50(41)27-36)59-48(33-78)60(81-52-29-38(64(72,73)74)21-25-43(52)44-26-22-39(30-53(44)81)65(75,76)77)58(35-13-5-2-6-14-35)61(57(59)34-11-3-1-4-12-34)79-49-17-9-7-15-40(49)46-31-47-45-16-8-10-18-55(45)82-56(47)32-54(46)79/h1-32H. The Bertz CT molecular complexity index is 4690. The van der Waals surface area contributed by atoms with Crippen molar-refractivity contribution in [3.63, 3.8) is 0 Å². The summed E-state index contributed by atoms with van der Waals surface area (Å²) in [6, 6.07) is 48.4. The molecule has 0 saturated heterocycles. The molecule has 82 heavy (non-hydrogen) atoms. The average Bonchev–Trinajstić information content (AvgIpc) is 2.63. The van der Waals surface area contributed by atoms with Gasteiger partial charge in [0.25, 0.3) is 0 Å². The molecule has 402 valence electrons. The van der Waals surface area contributed by atoms with Crippen molar-refractivity contribution in [3.8, 4) is 45.4 Å². The minimum atomic E-state index is -5.03. The van der Waals surface area contributed by atoms with Crippen LogP contribution in [0.2, 0.25) is 0 Å². The molecule has 0 N–H and O–H groups in total. The quantitative estimate of drug-likeness (QED) is 0.158. The molecule has 14 aromatic rings. The number of benzene rings is 10. The van der Waals surface area contributed by atoms with Crippen molar-refractivity contribution >= 4 is 96.9 Å². The fourth-order valence-electron chi connectivity index (χ4n) is 11.9. The first-order valence-corrected chi connectivity index (χ1v) is 26.1. The number of para-hydroxylation sites is 1. The Labute approximate surface area is 458 Å². The number of nitriles is 1. The molecule has 0 atom stereocenters. The second-order valence-corrected chi connectivity index (χ2v) is 21.0. The van der Waals surface area contributed by atoms with Gasteiger partial charge in [0, 0.05) is 63.6 Å². The number of fused-ring (bicyclic) bond motifs is 12. The predicted molar refractivity (Wildman–Crippen MR) is 298 cm³/mol. The number of halogens is 12. The van der Waals surface area contributed by atoms with Gasteiger partial charge in [-0.05, 0) is 83.9 Å². The van der Waals surface area contributed by atoms with Gasteiger partial charge in [0.05, 0.1) is 72.4 Å². The maximum absolute atomic E-state index is 15.2. The lowest BCUT2D eigenvalue weighted by Crippen LogP contribution is -2.14. The minimum absolute atomic E-state index is 0.0281. The Morgan fingerprint density at radius 2 is 0.659 bits per heavy atom. The number of alkyl halides is 12. The summed E-state index contributed by atoms with van der Waals surface area (Å²) in [5.74, 6) is 0. The fraction of sp³-hybridized carbons (Fsp3) is 0.0615. The van der Waals surface area contributed by atoms with Crippen LogP contribution < -0.4 is 0 Å². The highest BCUT2D eigenvalue weighted by Gasteiger charge is 2.39. The molecule has 10 aromatic carbocycles. The van der Waals surface area contributed by atoms with E-state index in [0.717, 1.165) is 102 Å². The van der Waals surface area contributed by atoms with Gasteiger partial charge in [0.1, 0.15) is 11.6 Å². The van der Waals surface area contributed by atoms with Gasteiger partial charge in [0.2, 0.25) is 0 Å². The van der Waals surface area contributed by atoms with Crippen LogP contribution >= 0.6 is 11.3 Å². The van der Waals surface area contributed by atoms with Gasteiger partial charge < -0.3 is 13.7 Å². The van der Waals surface area contributed by atoms with E-state index in [1.807, 2.05) is 53.1 Å². The number of rotatable bonds is 5. The summed E-state index contributed by atoms with van der Waals surface area (Å²) < 4.78 is 188. The molecule has 0 spiro atoms. The third-order valence-electron chi connectivity index (χ3n) is 15.3. The third-order valence-corrected chi connectivity index (χ3v) is 16.5. The molecular weight excluding hydrogens is 1100 g/mol. The number of hydrogen-bond donors (Lipinski definition) is 0. The second kappa shape index (κ2) is 17.7. The van der Waals surface area contributed by atoms with E-state index in [4.69, 9.17) is 0 Å². The van der Waals surface area contributed by atoms with Crippen LogP contribution in [0.25, 0.3) is 125 Å². The van der Waals surface area contributed by atoms with E-state index in [1.54, 1.807) is 72.8 Å². The lowest BCUT2D eigenvalue weighted by Gasteiger charge is -2.29. The summed E-state index contributed by atoms with van der Waals surface area (Å²) in [6.45, 7) is 0. The molecule has 17 heteroatoms. The van der Waals surface area contributed by atoms with Crippen molar-refractivity contribution in [2.75, 3.05) is 0 Å². The van der Waals surface area contributed by atoms with E-state index in [0.29, 0.717) is 21.8 Å². The van der Waals surface area contributed by atoms with Gasteiger partial charge >= 0.3 is 24.7 Å². The summed E-state index contributed by atoms with van der Waals surface area (Å²) in [5, 5.41) is 15.6. The highest BCUT2D eigenvalue weighted by molar-refractivity contribution is 7.25. The normalized spacial score (nSPS) is 12.9. The first-order chi connectivity index (χ1) is 39.2. The summed E-state index contributed by atoms with van der Waals surface area (Å²) >= 11 is 1.49. The molecule has 0 amide bonds. The molecule has 4 heterocycles.